The third-order valence-corrected chi connectivity index (χ3v) is 2.86. The van der Waals surface area contributed by atoms with Crippen molar-refractivity contribution >= 4 is 22.6 Å². The van der Waals surface area contributed by atoms with Crippen LogP contribution in [-0.4, -0.2) is 9.97 Å². The van der Waals surface area contributed by atoms with Crippen molar-refractivity contribution in [1.29, 1.82) is 0 Å². The Kier molecular flexibility index (Phi) is 2.90. The Morgan fingerprint density at radius 3 is 2.67 bits per heavy atom. The molecule has 0 bridgehead atoms. The minimum Gasteiger partial charge on any atom is -0.457 e. The van der Waals surface area contributed by atoms with Gasteiger partial charge in [0, 0.05) is 6.07 Å². The second kappa shape index (κ2) is 4.70. The van der Waals surface area contributed by atoms with Crippen LogP contribution in [-0.2, 0) is 5.88 Å². The summed E-state index contributed by atoms with van der Waals surface area (Å²) in [5, 5.41) is 0. The van der Waals surface area contributed by atoms with Crippen LogP contribution in [0.25, 0.3) is 11.0 Å². The Labute approximate surface area is 109 Å². The summed E-state index contributed by atoms with van der Waals surface area (Å²) in [5.74, 6) is 2.72. The van der Waals surface area contributed by atoms with Gasteiger partial charge in [0.2, 0.25) is 0 Å². The van der Waals surface area contributed by atoms with Gasteiger partial charge in [0.05, 0.1) is 16.9 Å². The molecule has 1 N–H and O–H groups in total. The molecule has 1 heterocycles. The number of imidazole rings is 1. The van der Waals surface area contributed by atoms with Gasteiger partial charge in [-0.1, -0.05) is 18.2 Å². The van der Waals surface area contributed by atoms with Crippen LogP contribution in [0.5, 0.6) is 11.5 Å². The van der Waals surface area contributed by atoms with Gasteiger partial charge in [-0.15, -0.1) is 11.6 Å². The topological polar surface area (TPSA) is 37.9 Å². The number of hydrogen-bond donors (Lipinski definition) is 1. The highest BCUT2D eigenvalue weighted by Gasteiger charge is 2.04. The Morgan fingerprint density at radius 2 is 1.89 bits per heavy atom. The van der Waals surface area contributed by atoms with E-state index in [1.165, 1.54) is 0 Å². The number of H-pyrrole nitrogens is 1. The highest BCUT2D eigenvalue weighted by Crippen LogP contribution is 2.24. The predicted octanol–water partition coefficient (Wildman–Crippen LogP) is 4.09. The fourth-order valence-electron chi connectivity index (χ4n) is 1.79. The summed E-state index contributed by atoms with van der Waals surface area (Å²) in [6.07, 6.45) is 0. The summed E-state index contributed by atoms with van der Waals surface area (Å²) in [5.41, 5.74) is 1.82. The number of aromatic nitrogens is 2. The van der Waals surface area contributed by atoms with E-state index in [0.717, 1.165) is 28.4 Å². The molecule has 0 radical (unpaired) electrons. The van der Waals surface area contributed by atoms with Crippen LogP contribution in [0, 0.1) is 0 Å². The van der Waals surface area contributed by atoms with E-state index in [9.17, 15) is 0 Å². The van der Waals surface area contributed by atoms with Crippen molar-refractivity contribution < 1.29 is 4.74 Å². The molecule has 0 saturated carbocycles. The monoisotopic (exact) mass is 258 g/mol. The van der Waals surface area contributed by atoms with E-state index in [1.807, 2.05) is 48.5 Å². The van der Waals surface area contributed by atoms with Gasteiger partial charge < -0.3 is 9.72 Å². The molecule has 3 rings (SSSR count). The van der Waals surface area contributed by atoms with Crippen LogP contribution in [0.3, 0.4) is 0 Å². The van der Waals surface area contributed by atoms with E-state index < -0.39 is 0 Å². The molecule has 18 heavy (non-hydrogen) atoms. The number of nitrogens with one attached hydrogen (secondary N) is 1. The van der Waals surface area contributed by atoms with Crippen LogP contribution in [0.15, 0.2) is 48.5 Å². The minimum atomic E-state index is 0.379. The van der Waals surface area contributed by atoms with Crippen molar-refractivity contribution in [2.75, 3.05) is 0 Å². The lowest BCUT2D eigenvalue weighted by Crippen LogP contribution is -1.83. The Morgan fingerprint density at radius 1 is 1.06 bits per heavy atom. The van der Waals surface area contributed by atoms with Gasteiger partial charge >= 0.3 is 0 Å². The van der Waals surface area contributed by atoms with Crippen LogP contribution in [0.1, 0.15) is 5.82 Å². The molecule has 1 aromatic heterocycles. The van der Waals surface area contributed by atoms with Crippen molar-refractivity contribution in [2.24, 2.45) is 0 Å². The fraction of sp³-hybridized carbons (Fsp3) is 0.0714. The van der Waals surface area contributed by atoms with Gasteiger partial charge in [-0.05, 0) is 24.3 Å². The molecule has 0 aliphatic carbocycles. The summed E-state index contributed by atoms with van der Waals surface area (Å²) < 4.78 is 5.74. The number of para-hydroxylation sites is 1. The molecule has 0 aliphatic rings. The second-order valence-electron chi connectivity index (χ2n) is 3.91. The first-order valence-corrected chi connectivity index (χ1v) is 6.16. The Bertz CT molecular complexity index is 664. The normalized spacial score (nSPS) is 10.7. The lowest BCUT2D eigenvalue weighted by molar-refractivity contribution is 0.483. The maximum absolute atomic E-state index is 5.74. The zero-order valence-electron chi connectivity index (χ0n) is 9.56. The fourth-order valence-corrected chi connectivity index (χ4v) is 1.92. The van der Waals surface area contributed by atoms with E-state index in [4.69, 9.17) is 16.3 Å². The molecule has 0 fully saturated rings. The van der Waals surface area contributed by atoms with Crippen LogP contribution >= 0.6 is 11.6 Å². The SMILES string of the molecule is ClCc1nc2cc(Oc3ccccc3)ccc2[nH]1. The third-order valence-electron chi connectivity index (χ3n) is 2.61. The summed E-state index contributed by atoms with van der Waals surface area (Å²) >= 11 is 5.74. The average Bonchev–Trinajstić information content (AvgIpc) is 2.82. The smallest absolute Gasteiger partial charge is 0.129 e. The van der Waals surface area contributed by atoms with Crippen molar-refractivity contribution in [1.82, 2.24) is 9.97 Å². The van der Waals surface area contributed by atoms with Crippen molar-refractivity contribution in [3.8, 4) is 11.5 Å². The summed E-state index contributed by atoms with van der Waals surface area (Å²) in [6.45, 7) is 0. The number of nitrogens with zero attached hydrogens (tertiary/aromatic N) is 1. The first-order valence-electron chi connectivity index (χ1n) is 5.62. The van der Waals surface area contributed by atoms with E-state index in [0.29, 0.717) is 5.88 Å². The highest BCUT2D eigenvalue weighted by atomic mass is 35.5. The molecule has 0 saturated heterocycles. The Hall–Kier alpha value is -2.00. The Balaban J connectivity index is 1.93. The molecule has 3 aromatic rings. The lowest BCUT2D eigenvalue weighted by atomic mass is 10.3. The van der Waals surface area contributed by atoms with E-state index in [2.05, 4.69) is 9.97 Å². The predicted molar refractivity (Wildman–Crippen MR) is 72.2 cm³/mol. The molecular weight excluding hydrogens is 248 g/mol. The summed E-state index contributed by atoms with van der Waals surface area (Å²) in [4.78, 5) is 7.50. The van der Waals surface area contributed by atoms with Crippen LogP contribution < -0.4 is 4.74 Å². The number of rotatable bonds is 3. The van der Waals surface area contributed by atoms with Gasteiger partial charge in [0.15, 0.2) is 0 Å². The third kappa shape index (κ3) is 2.17. The quantitative estimate of drug-likeness (QED) is 0.719. The maximum atomic E-state index is 5.74. The molecule has 3 nitrogen and oxygen atoms in total. The molecule has 0 amide bonds. The largest absolute Gasteiger partial charge is 0.457 e. The van der Waals surface area contributed by atoms with Crippen LogP contribution in [0.4, 0.5) is 0 Å². The van der Waals surface area contributed by atoms with Gasteiger partial charge in [-0.3, -0.25) is 0 Å². The van der Waals surface area contributed by atoms with Gasteiger partial charge in [0.1, 0.15) is 17.3 Å². The molecule has 0 atom stereocenters. The minimum absolute atomic E-state index is 0.379. The van der Waals surface area contributed by atoms with Gasteiger partial charge in [-0.2, -0.15) is 0 Å². The standard InChI is InChI=1S/C14H11ClN2O/c15-9-14-16-12-7-6-11(8-13(12)17-14)18-10-4-2-1-3-5-10/h1-8H,9H2,(H,16,17). The number of aromatic amines is 1. The summed E-state index contributed by atoms with van der Waals surface area (Å²) in [6, 6.07) is 15.4. The number of benzene rings is 2. The number of fused-ring (bicyclic) bond motifs is 1. The number of halogens is 1. The molecule has 2 aromatic carbocycles. The number of alkyl halides is 1. The zero-order valence-corrected chi connectivity index (χ0v) is 10.3. The number of hydrogen-bond acceptors (Lipinski definition) is 2. The van der Waals surface area contributed by atoms with Crippen molar-refractivity contribution in [2.45, 2.75) is 5.88 Å². The van der Waals surface area contributed by atoms with E-state index in [1.54, 1.807) is 0 Å². The molecule has 0 spiro atoms. The first-order chi connectivity index (χ1) is 8.85. The van der Waals surface area contributed by atoms with E-state index in [-0.39, 0.29) is 0 Å². The zero-order chi connectivity index (χ0) is 12.4. The van der Waals surface area contributed by atoms with Crippen molar-refractivity contribution in [3.63, 3.8) is 0 Å². The maximum Gasteiger partial charge on any atom is 0.129 e. The van der Waals surface area contributed by atoms with Crippen molar-refractivity contribution in [3.05, 3.63) is 54.4 Å². The average molecular weight is 259 g/mol. The van der Waals surface area contributed by atoms with Crippen LogP contribution in [0.2, 0.25) is 0 Å². The summed E-state index contributed by atoms with van der Waals surface area (Å²) in [7, 11) is 0. The molecule has 0 unspecified atom stereocenters. The molecular formula is C14H11ClN2O. The van der Waals surface area contributed by atoms with Gasteiger partial charge in [0.25, 0.3) is 0 Å². The van der Waals surface area contributed by atoms with Gasteiger partial charge in [-0.25, -0.2) is 4.98 Å². The second-order valence-corrected chi connectivity index (χ2v) is 4.18. The highest BCUT2D eigenvalue weighted by molar-refractivity contribution is 6.16. The molecule has 4 heteroatoms. The van der Waals surface area contributed by atoms with E-state index >= 15 is 0 Å². The lowest BCUT2D eigenvalue weighted by Gasteiger charge is -2.04. The molecule has 90 valence electrons. The number of ether oxygens (including phenoxy) is 1. The molecule has 0 aliphatic heterocycles. The first kappa shape index (κ1) is 11.1.